The number of likely N-dealkylation sites (tertiary alicyclic amines) is 1. The SMILES string of the molecule is CCNc1ncc(CN2C(=O)CC(C)(C)CC2=O)s1. The number of carbonyl (C=O) groups is 2. The summed E-state index contributed by atoms with van der Waals surface area (Å²) in [6.45, 7) is 7.06. The Balaban J connectivity index is 2.05. The highest BCUT2D eigenvalue weighted by Gasteiger charge is 2.37. The number of imide groups is 1. The van der Waals surface area contributed by atoms with E-state index in [0.717, 1.165) is 16.6 Å². The van der Waals surface area contributed by atoms with E-state index in [2.05, 4.69) is 10.3 Å². The van der Waals surface area contributed by atoms with Crippen LogP contribution in [0.15, 0.2) is 6.20 Å². The zero-order valence-electron chi connectivity index (χ0n) is 11.5. The first-order valence-electron chi connectivity index (χ1n) is 6.43. The van der Waals surface area contributed by atoms with Crippen molar-refractivity contribution in [2.75, 3.05) is 11.9 Å². The van der Waals surface area contributed by atoms with Crippen LogP contribution in [0.1, 0.15) is 38.5 Å². The number of aromatic nitrogens is 1. The minimum absolute atomic E-state index is 0.0837. The topological polar surface area (TPSA) is 62.3 Å². The third-order valence-electron chi connectivity index (χ3n) is 3.06. The fourth-order valence-electron chi connectivity index (χ4n) is 2.16. The molecule has 19 heavy (non-hydrogen) atoms. The first kappa shape index (κ1) is 14.0. The van der Waals surface area contributed by atoms with Crippen LogP contribution in [0.4, 0.5) is 5.13 Å². The molecule has 6 heteroatoms. The number of piperidine rings is 1. The molecule has 1 saturated heterocycles. The van der Waals surface area contributed by atoms with Crippen molar-refractivity contribution < 1.29 is 9.59 Å². The molecule has 0 aromatic carbocycles. The van der Waals surface area contributed by atoms with E-state index in [-0.39, 0.29) is 17.2 Å². The van der Waals surface area contributed by atoms with E-state index in [1.165, 1.54) is 16.2 Å². The quantitative estimate of drug-likeness (QED) is 0.860. The van der Waals surface area contributed by atoms with Crippen LogP contribution in [0.3, 0.4) is 0 Å². The lowest BCUT2D eigenvalue weighted by Gasteiger charge is -2.34. The lowest BCUT2D eigenvalue weighted by atomic mass is 9.82. The van der Waals surface area contributed by atoms with Crippen molar-refractivity contribution in [3.63, 3.8) is 0 Å². The molecule has 0 unspecified atom stereocenters. The van der Waals surface area contributed by atoms with Gasteiger partial charge in [0, 0.05) is 30.5 Å². The molecular weight excluding hydrogens is 262 g/mol. The van der Waals surface area contributed by atoms with Crippen molar-refractivity contribution in [2.24, 2.45) is 5.41 Å². The number of thiazole rings is 1. The molecule has 0 aliphatic carbocycles. The lowest BCUT2D eigenvalue weighted by Crippen LogP contribution is -2.45. The van der Waals surface area contributed by atoms with Gasteiger partial charge in [0.1, 0.15) is 0 Å². The summed E-state index contributed by atoms with van der Waals surface area (Å²) >= 11 is 1.49. The Labute approximate surface area is 117 Å². The molecule has 0 atom stereocenters. The van der Waals surface area contributed by atoms with Crippen molar-refractivity contribution in [1.29, 1.82) is 0 Å². The third-order valence-corrected chi connectivity index (χ3v) is 4.00. The molecule has 1 aliphatic heterocycles. The summed E-state index contributed by atoms with van der Waals surface area (Å²) in [6.07, 6.45) is 2.58. The summed E-state index contributed by atoms with van der Waals surface area (Å²) in [4.78, 5) is 30.6. The molecule has 5 nitrogen and oxygen atoms in total. The van der Waals surface area contributed by atoms with E-state index in [1.54, 1.807) is 6.20 Å². The van der Waals surface area contributed by atoms with Crippen LogP contribution in [0.2, 0.25) is 0 Å². The van der Waals surface area contributed by atoms with Gasteiger partial charge < -0.3 is 5.32 Å². The monoisotopic (exact) mass is 281 g/mol. The molecule has 1 aliphatic rings. The molecule has 2 amide bonds. The van der Waals surface area contributed by atoms with Gasteiger partial charge in [-0.3, -0.25) is 14.5 Å². The van der Waals surface area contributed by atoms with Crippen molar-refractivity contribution in [3.05, 3.63) is 11.1 Å². The van der Waals surface area contributed by atoms with Gasteiger partial charge in [-0.15, -0.1) is 11.3 Å². The van der Waals surface area contributed by atoms with E-state index >= 15 is 0 Å². The highest BCUT2D eigenvalue weighted by atomic mass is 32.1. The molecule has 104 valence electrons. The Hall–Kier alpha value is -1.43. The van der Waals surface area contributed by atoms with Gasteiger partial charge in [0.05, 0.1) is 6.54 Å². The van der Waals surface area contributed by atoms with E-state index in [9.17, 15) is 9.59 Å². The summed E-state index contributed by atoms with van der Waals surface area (Å²) in [5.41, 5.74) is -0.215. The summed E-state index contributed by atoms with van der Waals surface area (Å²) in [5.74, 6) is -0.167. The van der Waals surface area contributed by atoms with Crippen LogP contribution >= 0.6 is 11.3 Å². The first-order chi connectivity index (χ1) is 8.91. The van der Waals surface area contributed by atoms with Crippen molar-refractivity contribution in [3.8, 4) is 0 Å². The Kier molecular flexibility index (Phi) is 3.89. The molecule has 2 heterocycles. The zero-order chi connectivity index (χ0) is 14.0. The van der Waals surface area contributed by atoms with Gasteiger partial charge in [0.2, 0.25) is 11.8 Å². The Morgan fingerprint density at radius 3 is 2.58 bits per heavy atom. The summed E-state index contributed by atoms with van der Waals surface area (Å²) in [7, 11) is 0. The van der Waals surface area contributed by atoms with Crippen LogP contribution < -0.4 is 5.32 Å². The molecule has 1 fully saturated rings. The van der Waals surface area contributed by atoms with Crippen molar-refractivity contribution in [1.82, 2.24) is 9.88 Å². The predicted octanol–water partition coefficient (Wildman–Crippen LogP) is 2.25. The maximum absolute atomic E-state index is 12.0. The van der Waals surface area contributed by atoms with Gasteiger partial charge in [-0.25, -0.2) is 4.98 Å². The van der Waals surface area contributed by atoms with Gasteiger partial charge in [0.15, 0.2) is 5.13 Å². The number of hydrogen-bond acceptors (Lipinski definition) is 5. The van der Waals surface area contributed by atoms with Crippen LogP contribution in [0.25, 0.3) is 0 Å². The molecule has 1 aromatic heterocycles. The van der Waals surface area contributed by atoms with Crippen LogP contribution in [0.5, 0.6) is 0 Å². The average Bonchev–Trinajstić information content (AvgIpc) is 2.70. The normalized spacial score (nSPS) is 18.8. The Morgan fingerprint density at radius 1 is 1.37 bits per heavy atom. The smallest absolute Gasteiger partial charge is 0.230 e. The highest BCUT2D eigenvalue weighted by molar-refractivity contribution is 7.15. The van der Waals surface area contributed by atoms with Gasteiger partial charge >= 0.3 is 0 Å². The van der Waals surface area contributed by atoms with Gasteiger partial charge in [-0.05, 0) is 12.3 Å². The number of hydrogen-bond donors (Lipinski definition) is 1. The molecule has 0 saturated carbocycles. The highest BCUT2D eigenvalue weighted by Crippen LogP contribution is 2.32. The van der Waals surface area contributed by atoms with E-state index in [4.69, 9.17) is 0 Å². The van der Waals surface area contributed by atoms with Crippen LogP contribution in [-0.4, -0.2) is 28.2 Å². The molecular formula is C13H19N3O2S. The van der Waals surface area contributed by atoms with Gasteiger partial charge in [0.25, 0.3) is 0 Å². The fraction of sp³-hybridized carbons (Fsp3) is 0.615. The second kappa shape index (κ2) is 5.28. The number of carbonyl (C=O) groups excluding carboxylic acids is 2. The van der Waals surface area contributed by atoms with E-state index < -0.39 is 0 Å². The van der Waals surface area contributed by atoms with Crippen LogP contribution in [0, 0.1) is 5.41 Å². The minimum atomic E-state index is -0.215. The maximum atomic E-state index is 12.0. The van der Waals surface area contributed by atoms with E-state index in [0.29, 0.717) is 19.4 Å². The average molecular weight is 281 g/mol. The predicted molar refractivity (Wildman–Crippen MR) is 74.8 cm³/mol. The first-order valence-corrected chi connectivity index (χ1v) is 7.25. The standard InChI is InChI=1S/C13H19N3O2S/c1-4-14-12-15-7-9(19-12)8-16-10(17)5-13(2,3)6-11(16)18/h7H,4-6,8H2,1-3H3,(H,14,15). The lowest BCUT2D eigenvalue weighted by molar-refractivity contribution is -0.153. The second-order valence-electron chi connectivity index (χ2n) is 5.55. The number of rotatable bonds is 4. The third kappa shape index (κ3) is 3.32. The Morgan fingerprint density at radius 2 is 2.00 bits per heavy atom. The maximum Gasteiger partial charge on any atom is 0.230 e. The summed E-state index contributed by atoms with van der Waals surface area (Å²) < 4.78 is 0. The number of nitrogens with zero attached hydrogens (tertiary/aromatic N) is 2. The van der Waals surface area contributed by atoms with Gasteiger partial charge in [-0.2, -0.15) is 0 Å². The molecule has 1 aromatic rings. The van der Waals surface area contributed by atoms with Crippen molar-refractivity contribution in [2.45, 2.75) is 40.2 Å². The van der Waals surface area contributed by atoms with Crippen molar-refractivity contribution >= 4 is 28.3 Å². The molecule has 0 bridgehead atoms. The summed E-state index contributed by atoms with van der Waals surface area (Å²) in [5, 5.41) is 3.95. The number of nitrogens with one attached hydrogen (secondary N) is 1. The van der Waals surface area contributed by atoms with Crippen LogP contribution in [-0.2, 0) is 16.1 Å². The minimum Gasteiger partial charge on any atom is -0.362 e. The molecule has 0 radical (unpaired) electrons. The number of amides is 2. The summed E-state index contributed by atoms with van der Waals surface area (Å²) in [6, 6.07) is 0. The largest absolute Gasteiger partial charge is 0.362 e. The molecule has 1 N–H and O–H groups in total. The number of anilines is 1. The second-order valence-corrected chi connectivity index (χ2v) is 6.67. The zero-order valence-corrected chi connectivity index (χ0v) is 12.3. The van der Waals surface area contributed by atoms with Gasteiger partial charge in [-0.1, -0.05) is 13.8 Å². The fourth-order valence-corrected chi connectivity index (χ4v) is 3.03. The Bertz CT molecular complexity index is 476. The molecule has 0 spiro atoms. The molecule has 2 rings (SSSR count). The van der Waals surface area contributed by atoms with E-state index in [1.807, 2.05) is 20.8 Å².